The minimum Gasteiger partial charge on any atom is -0.466 e. The average Bonchev–Trinajstić information content (AvgIpc) is 2.98. The van der Waals surface area contributed by atoms with Crippen molar-refractivity contribution in [1.29, 1.82) is 0 Å². The van der Waals surface area contributed by atoms with Crippen molar-refractivity contribution in [2.24, 2.45) is 10.2 Å². The number of rotatable bonds is 14. The van der Waals surface area contributed by atoms with Crippen molar-refractivity contribution >= 4 is 46.1 Å². The quantitative estimate of drug-likeness (QED) is 0.114. The van der Waals surface area contributed by atoms with E-state index < -0.39 is 33.2 Å². The Morgan fingerprint density at radius 3 is 1.40 bits per heavy atom. The highest BCUT2D eigenvalue weighted by Gasteiger charge is 2.25. The molecule has 0 fully saturated rings. The van der Waals surface area contributed by atoms with Crippen LogP contribution in [0.1, 0.15) is 37.8 Å². The summed E-state index contributed by atoms with van der Waals surface area (Å²) in [6, 6.07) is 19.1. The molecule has 14 heteroatoms. The van der Waals surface area contributed by atoms with Crippen LogP contribution in [0.2, 0.25) is 0 Å². The molecular weight excluding hydrogens is 548 g/mol. The fourth-order valence-corrected chi connectivity index (χ4v) is 3.68. The van der Waals surface area contributed by atoms with Gasteiger partial charge in [0.2, 0.25) is 0 Å². The third kappa shape index (κ3) is 8.67. The van der Waals surface area contributed by atoms with Crippen molar-refractivity contribution in [2.45, 2.75) is 26.7 Å². The molecule has 0 aromatic heterocycles. The van der Waals surface area contributed by atoms with Gasteiger partial charge >= 0.3 is 23.3 Å². The summed E-state index contributed by atoms with van der Waals surface area (Å²) in [5, 5.41) is 32.1. The van der Waals surface area contributed by atoms with Crippen LogP contribution in [0.25, 0.3) is 0 Å². The first-order chi connectivity index (χ1) is 20.2. The van der Waals surface area contributed by atoms with E-state index in [2.05, 4.69) is 21.1 Å². The van der Waals surface area contributed by atoms with Crippen LogP contribution in [0.3, 0.4) is 0 Å². The molecule has 3 aromatic carbocycles. The van der Waals surface area contributed by atoms with E-state index in [1.807, 2.05) is 0 Å². The predicted molar refractivity (Wildman–Crippen MR) is 155 cm³/mol. The monoisotopic (exact) mass is 576 g/mol. The molecule has 3 aromatic rings. The van der Waals surface area contributed by atoms with Gasteiger partial charge in [-0.2, -0.15) is 10.2 Å². The molecular formula is C28H28N6O8. The molecule has 2 N–H and O–H groups in total. The number of esters is 2. The largest absolute Gasteiger partial charge is 0.466 e. The van der Waals surface area contributed by atoms with E-state index in [0.717, 1.165) is 12.1 Å². The highest BCUT2D eigenvalue weighted by atomic mass is 16.6. The second kappa shape index (κ2) is 15.2. The minimum atomic E-state index is -0.804. The molecule has 0 aliphatic carbocycles. The molecule has 42 heavy (non-hydrogen) atoms. The maximum atomic E-state index is 12.2. The Labute approximate surface area is 240 Å². The fourth-order valence-electron chi connectivity index (χ4n) is 3.68. The van der Waals surface area contributed by atoms with Crippen LogP contribution >= 0.6 is 0 Å². The maximum absolute atomic E-state index is 12.2. The van der Waals surface area contributed by atoms with Crippen LogP contribution in [-0.2, 0) is 19.1 Å². The number of hydrazone groups is 2. The molecule has 0 saturated heterocycles. The van der Waals surface area contributed by atoms with Gasteiger partial charge in [0.05, 0.1) is 53.4 Å². The lowest BCUT2D eigenvalue weighted by molar-refractivity contribution is -0.393. The smallest absolute Gasteiger partial charge is 0.311 e. The van der Waals surface area contributed by atoms with E-state index in [-0.39, 0.29) is 48.9 Å². The molecule has 0 aliphatic heterocycles. The topological polar surface area (TPSA) is 188 Å². The lowest BCUT2D eigenvalue weighted by Gasteiger charge is -2.11. The zero-order valence-electron chi connectivity index (χ0n) is 22.8. The molecule has 218 valence electrons. The number of nitrogens with zero attached hydrogens (tertiary/aromatic N) is 4. The van der Waals surface area contributed by atoms with E-state index in [1.54, 1.807) is 74.5 Å². The van der Waals surface area contributed by atoms with Gasteiger partial charge in [-0.15, -0.1) is 0 Å². The van der Waals surface area contributed by atoms with Crippen molar-refractivity contribution < 1.29 is 28.9 Å². The summed E-state index contributed by atoms with van der Waals surface area (Å²) < 4.78 is 10.0. The summed E-state index contributed by atoms with van der Waals surface area (Å²) >= 11 is 0. The molecule has 0 unspecified atom stereocenters. The molecule has 0 amide bonds. The fraction of sp³-hybridized carbons (Fsp3) is 0.214. The standard InChI is InChI=1S/C28H28N6O8/c1-3-41-27(35)16-21(19-11-7-5-8-12-19)29-31-23-15-24(26(34(39)40)18-25(23)33(37)38)32-30-22(17-28(36)42-4-2)20-13-9-6-10-14-20/h5-15,18,31-32H,3-4,16-17H2,1-2H3/b29-21+,30-22+. The number of carbonyl (C=O) groups excluding carboxylic acids is 2. The molecule has 0 heterocycles. The van der Waals surface area contributed by atoms with Crippen molar-refractivity contribution in [3.63, 3.8) is 0 Å². The van der Waals surface area contributed by atoms with Gasteiger partial charge in [0, 0.05) is 6.07 Å². The first kappa shape index (κ1) is 30.9. The number of anilines is 2. The zero-order chi connectivity index (χ0) is 30.5. The van der Waals surface area contributed by atoms with Gasteiger partial charge in [-0.25, -0.2) is 0 Å². The third-order valence-corrected chi connectivity index (χ3v) is 5.58. The number of benzene rings is 3. The van der Waals surface area contributed by atoms with Crippen LogP contribution in [0, 0.1) is 20.2 Å². The highest BCUT2D eigenvalue weighted by molar-refractivity contribution is 6.10. The van der Waals surface area contributed by atoms with Crippen LogP contribution in [-0.4, -0.2) is 46.4 Å². The second-order valence-corrected chi connectivity index (χ2v) is 8.44. The van der Waals surface area contributed by atoms with E-state index in [9.17, 15) is 29.8 Å². The number of hydrogen-bond acceptors (Lipinski definition) is 12. The van der Waals surface area contributed by atoms with Gasteiger partial charge in [0.1, 0.15) is 11.4 Å². The van der Waals surface area contributed by atoms with E-state index in [4.69, 9.17) is 9.47 Å². The van der Waals surface area contributed by atoms with Gasteiger partial charge in [-0.1, -0.05) is 60.7 Å². The molecule has 14 nitrogen and oxygen atoms in total. The third-order valence-electron chi connectivity index (χ3n) is 5.58. The maximum Gasteiger partial charge on any atom is 0.311 e. The lowest BCUT2D eigenvalue weighted by atomic mass is 10.1. The van der Waals surface area contributed by atoms with Crippen molar-refractivity contribution in [2.75, 3.05) is 24.1 Å². The Morgan fingerprint density at radius 1 is 0.690 bits per heavy atom. The van der Waals surface area contributed by atoms with Crippen LogP contribution in [0.5, 0.6) is 0 Å². The van der Waals surface area contributed by atoms with E-state index >= 15 is 0 Å². The van der Waals surface area contributed by atoms with E-state index in [1.165, 1.54) is 0 Å². The van der Waals surface area contributed by atoms with E-state index in [0.29, 0.717) is 11.1 Å². The van der Waals surface area contributed by atoms with Gasteiger partial charge < -0.3 is 9.47 Å². The summed E-state index contributed by atoms with van der Waals surface area (Å²) in [6.45, 7) is 3.61. The van der Waals surface area contributed by atoms with Crippen molar-refractivity contribution in [1.82, 2.24) is 0 Å². The highest BCUT2D eigenvalue weighted by Crippen LogP contribution is 2.36. The average molecular weight is 577 g/mol. The molecule has 0 aliphatic rings. The zero-order valence-corrected chi connectivity index (χ0v) is 22.8. The lowest BCUT2D eigenvalue weighted by Crippen LogP contribution is -2.14. The summed E-state index contributed by atoms with van der Waals surface area (Å²) in [7, 11) is 0. The van der Waals surface area contributed by atoms with Crippen molar-refractivity contribution in [3.05, 3.63) is 104 Å². The predicted octanol–water partition coefficient (Wildman–Crippen LogP) is 5.04. The van der Waals surface area contributed by atoms with Crippen LogP contribution in [0.4, 0.5) is 22.7 Å². The second-order valence-electron chi connectivity index (χ2n) is 8.44. The molecule has 3 rings (SSSR count). The molecule has 0 saturated carbocycles. The Kier molecular flexibility index (Phi) is 11.2. The normalized spacial score (nSPS) is 11.4. The van der Waals surface area contributed by atoms with Gasteiger partial charge in [0.15, 0.2) is 0 Å². The Morgan fingerprint density at radius 2 is 1.07 bits per heavy atom. The first-order valence-electron chi connectivity index (χ1n) is 12.8. The Balaban J connectivity index is 2.06. The van der Waals surface area contributed by atoms with Gasteiger partial charge in [0.25, 0.3) is 0 Å². The number of carbonyl (C=O) groups is 2. The number of nitro benzene ring substituents is 2. The molecule has 0 radical (unpaired) electrons. The summed E-state index contributed by atoms with van der Waals surface area (Å²) in [4.78, 5) is 46.5. The number of nitro groups is 2. The SMILES string of the molecule is CCOC(=O)C/C(=N\Nc1cc(N/N=C(\CC(=O)OCC)c2ccccc2)c([N+](=O)[O-])cc1[N+](=O)[O-])c1ccccc1. The number of hydrogen-bond donors (Lipinski definition) is 2. The van der Waals surface area contributed by atoms with Crippen LogP contribution in [0.15, 0.2) is 83.0 Å². The Hall–Kier alpha value is -5.66. The minimum absolute atomic E-state index is 0.152. The number of ether oxygens (including phenoxy) is 2. The first-order valence-corrected chi connectivity index (χ1v) is 12.8. The van der Waals surface area contributed by atoms with Gasteiger partial charge in [-0.3, -0.25) is 40.7 Å². The molecule has 0 bridgehead atoms. The van der Waals surface area contributed by atoms with Crippen molar-refractivity contribution in [3.8, 4) is 0 Å². The molecule has 0 atom stereocenters. The van der Waals surface area contributed by atoms with Crippen LogP contribution < -0.4 is 10.9 Å². The Bertz CT molecular complexity index is 1380. The summed E-state index contributed by atoms with van der Waals surface area (Å²) in [5.41, 5.74) is 4.97. The van der Waals surface area contributed by atoms with Gasteiger partial charge in [-0.05, 0) is 25.0 Å². The molecule has 0 spiro atoms. The number of nitrogens with one attached hydrogen (secondary N) is 2. The summed E-state index contributed by atoms with van der Waals surface area (Å²) in [6.07, 6.45) is -0.481. The summed E-state index contributed by atoms with van der Waals surface area (Å²) in [5.74, 6) is -1.13.